The number of sulfonamides is 1. The van der Waals surface area contributed by atoms with Crippen molar-refractivity contribution in [2.45, 2.75) is 9.24 Å². The van der Waals surface area contributed by atoms with Gasteiger partial charge < -0.3 is 0 Å². The van der Waals surface area contributed by atoms with E-state index >= 15 is 0 Å². The Morgan fingerprint density at radius 2 is 1.79 bits per heavy atom. The molecule has 3 aromatic rings. The summed E-state index contributed by atoms with van der Waals surface area (Å²) in [6, 6.07) is 10.7. The Bertz CT molecular complexity index is 1140. The molecule has 6 nitrogen and oxygen atoms in total. The molecule has 1 N–H and O–H groups in total. The van der Waals surface area contributed by atoms with Gasteiger partial charge in [-0.15, -0.1) is 11.3 Å². The first-order valence-electron chi connectivity index (χ1n) is 6.55. The van der Waals surface area contributed by atoms with Crippen molar-refractivity contribution in [3.05, 3.63) is 47.5 Å². The molecule has 3 rings (SSSR count). The summed E-state index contributed by atoms with van der Waals surface area (Å²) < 4.78 is 50.9. The number of sulfone groups is 1. The number of hydrogen-bond donors (Lipinski definition) is 1. The summed E-state index contributed by atoms with van der Waals surface area (Å²) in [6.45, 7) is 0. The number of thiazole rings is 1. The normalized spacial score (nSPS) is 12.4. The van der Waals surface area contributed by atoms with Crippen LogP contribution in [0.15, 0.2) is 51.7 Å². The zero-order valence-corrected chi connectivity index (χ0v) is 15.4. The minimum Gasteiger partial charge on any atom is -0.280 e. The average molecular weight is 403 g/mol. The molecule has 0 atom stereocenters. The molecule has 0 amide bonds. The van der Waals surface area contributed by atoms with E-state index in [2.05, 4.69) is 9.71 Å². The number of fused-ring (bicyclic) bond motifs is 1. The van der Waals surface area contributed by atoms with Gasteiger partial charge in [0.2, 0.25) is 14.2 Å². The fourth-order valence-electron chi connectivity index (χ4n) is 2.00. The van der Waals surface area contributed by atoms with Crippen molar-refractivity contribution in [1.29, 1.82) is 0 Å². The van der Waals surface area contributed by atoms with Crippen LogP contribution in [0.2, 0.25) is 5.02 Å². The molecule has 0 aliphatic rings. The Morgan fingerprint density at radius 3 is 2.46 bits per heavy atom. The molecule has 0 aliphatic heterocycles. The summed E-state index contributed by atoms with van der Waals surface area (Å²) in [7, 11) is -7.26. The van der Waals surface area contributed by atoms with Crippen molar-refractivity contribution >= 4 is 58.7 Å². The SMILES string of the molecule is CS(=O)(=O)c1nc2ccc(NS(=O)(=O)c3ccccc3Cl)cc2s1. The molecule has 0 bridgehead atoms. The van der Waals surface area contributed by atoms with E-state index < -0.39 is 19.9 Å². The van der Waals surface area contributed by atoms with Gasteiger partial charge in [-0.05, 0) is 30.3 Å². The second-order valence-corrected chi connectivity index (χ2v) is 10.2. The van der Waals surface area contributed by atoms with Crippen molar-refractivity contribution in [3.63, 3.8) is 0 Å². The highest BCUT2D eigenvalue weighted by Gasteiger charge is 2.19. The highest BCUT2D eigenvalue weighted by atomic mass is 35.5. The molecule has 0 unspecified atom stereocenters. The summed E-state index contributed by atoms with van der Waals surface area (Å²) in [5, 5.41) is 0.114. The van der Waals surface area contributed by atoms with Crippen molar-refractivity contribution in [2.75, 3.05) is 11.0 Å². The second-order valence-electron chi connectivity index (χ2n) is 4.97. The highest BCUT2D eigenvalue weighted by molar-refractivity contribution is 7.93. The number of benzene rings is 2. The van der Waals surface area contributed by atoms with Crippen LogP contribution in [0, 0.1) is 0 Å². The first kappa shape index (κ1) is 17.2. The minimum absolute atomic E-state index is 0.0105. The summed E-state index contributed by atoms with van der Waals surface area (Å²) >= 11 is 6.91. The number of anilines is 1. The number of nitrogens with one attached hydrogen (secondary N) is 1. The van der Waals surface area contributed by atoms with Gasteiger partial charge in [-0.2, -0.15) is 0 Å². The number of rotatable bonds is 4. The van der Waals surface area contributed by atoms with Crippen molar-refractivity contribution in [3.8, 4) is 0 Å². The van der Waals surface area contributed by atoms with E-state index in [0.717, 1.165) is 17.6 Å². The number of nitrogens with zero attached hydrogens (tertiary/aromatic N) is 1. The van der Waals surface area contributed by atoms with E-state index in [1.165, 1.54) is 24.3 Å². The molecular weight excluding hydrogens is 392 g/mol. The molecule has 1 heterocycles. The van der Waals surface area contributed by atoms with Gasteiger partial charge in [-0.3, -0.25) is 4.72 Å². The Hall–Kier alpha value is -1.68. The smallest absolute Gasteiger partial charge is 0.263 e. The second kappa shape index (κ2) is 5.99. The van der Waals surface area contributed by atoms with E-state index in [4.69, 9.17) is 11.6 Å². The van der Waals surface area contributed by atoms with E-state index in [9.17, 15) is 16.8 Å². The van der Waals surface area contributed by atoms with Crippen LogP contribution >= 0.6 is 22.9 Å². The number of aromatic nitrogens is 1. The lowest BCUT2D eigenvalue weighted by Crippen LogP contribution is -2.13. The topological polar surface area (TPSA) is 93.2 Å². The van der Waals surface area contributed by atoms with Gasteiger partial charge in [0.1, 0.15) is 4.90 Å². The molecule has 0 saturated heterocycles. The summed E-state index contributed by atoms with van der Waals surface area (Å²) in [5.41, 5.74) is 0.784. The van der Waals surface area contributed by atoms with Gasteiger partial charge in [0.15, 0.2) is 0 Å². The van der Waals surface area contributed by atoms with Crippen molar-refractivity contribution < 1.29 is 16.8 Å². The zero-order valence-electron chi connectivity index (χ0n) is 12.2. The van der Waals surface area contributed by atoms with E-state index in [0.29, 0.717) is 15.9 Å². The van der Waals surface area contributed by atoms with Crippen LogP contribution in [0.5, 0.6) is 0 Å². The minimum atomic E-state index is -3.85. The van der Waals surface area contributed by atoms with Gasteiger partial charge >= 0.3 is 0 Å². The average Bonchev–Trinajstić information content (AvgIpc) is 2.90. The molecule has 0 radical (unpaired) electrons. The molecular formula is C14H11ClN2O4S3. The largest absolute Gasteiger partial charge is 0.280 e. The van der Waals surface area contributed by atoms with Crippen LogP contribution in [0.3, 0.4) is 0 Å². The third-order valence-corrected chi connectivity index (χ3v) is 7.64. The maximum Gasteiger partial charge on any atom is 0.263 e. The van der Waals surface area contributed by atoms with Gasteiger partial charge in [-0.1, -0.05) is 23.7 Å². The molecule has 126 valence electrons. The van der Waals surface area contributed by atoms with Crippen LogP contribution in [-0.4, -0.2) is 28.1 Å². The standard InChI is InChI=1S/C14H11ClN2O4S3/c1-23(18,19)14-16-11-7-6-9(8-12(11)22-14)17-24(20,21)13-5-3-2-4-10(13)15/h2-8,17H,1H3. The summed E-state index contributed by atoms with van der Waals surface area (Å²) in [4.78, 5) is 3.99. The number of hydrogen-bond acceptors (Lipinski definition) is 6. The lowest BCUT2D eigenvalue weighted by Gasteiger charge is -2.09. The Kier molecular flexibility index (Phi) is 4.28. The monoisotopic (exact) mass is 402 g/mol. The van der Waals surface area contributed by atoms with E-state index in [1.54, 1.807) is 18.2 Å². The first-order chi connectivity index (χ1) is 11.2. The van der Waals surface area contributed by atoms with Crippen LogP contribution in [0.4, 0.5) is 5.69 Å². The Morgan fingerprint density at radius 1 is 1.08 bits per heavy atom. The highest BCUT2D eigenvalue weighted by Crippen LogP contribution is 2.29. The fourth-order valence-corrected chi connectivity index (χ4v) is 5.44. The first-order valence-corrected chi connectivity index (χ1v) is 11.1. The molecule has 0 spiro atoms. The van der Waals surface area contributed by atoms with Crippen LogP contribution in [0.25, 0.3) is 10.2 Å². The number of halogens is 1. The molecule has 24 heavy (non-hydrogen) atoms. The molecule has 2 aromatic carbocycles. The van der Waals surface area contributed by atoms with Gasteiger partial charge in [0, 0.05) is 6.26 Å². The summed E-state index contributed by atoms with van der Waals surface area (Å²) in [5.74, 6) is 0. The predicted octanol–water partition coefficient (Wildman–Crippen LogP) is 3.15. The predicted molar refractivity (Wildman–Crippen MR) is 95.0 cm³/mol. The van der Waals surface area contributed by atoms with Gasteiger partial charge in [0.05, 0.1) is 20.9 Å². The van der Waals surface area contributed by atoms with E-state index in [-0.39, 0.29) is 14.3 Å². The lowest BCUT2D eigenvalue weighted by atomic mass is 10.3. The fraction of sp³-hybridized carbons (Fsp3) is 0.0714. The lowest BCUT2D eigenvalue weighted by molar-refractivity contribution is 0.599. The van der Waals surface area contributed by atoms with Crippen molar-refractivity contribution in [2.24, 2.45) is 0 Å². The Labute approximate surface area is 148 Å². The maximum atomic E-state index is 12.4. The van der Waals surface area contributed by atoms with Crippen LogP contribution in [0.1, 0.15) is 0 Å². The van der Waals surface area contributed by atoms with Crippen LogP contribution < -0.4 is 4.72 Å². The van der Waals surface area contributed by atoms with Crippen molar-refractivity contribution in [1.82, 2.24) is 4.98 Å². The molecule has 0 fully saturated rings. The van der Waals surface area contributed by atoms with Gasteiger partial charge in [-0.25, -0.2) is 21.8 Å². The molecule has 0 saturated carbocycles. The van der Waals surface area contributed by atoms with Gasteiger partial charge in [0.25, 0.3) is 10.0 Å². The molecule has 10 heteroatoms. The third-order valence-electron chi connectivity index (χ3n) is 3.06. The van der Waals surface area contributed by atoms with Crippen LogP contribution in [-0.2, 0) is 19.9 Å². The molecule has 1 aromatic heterocycles. The Balaban J connectivity index is 2.00. The third kappa shape index (κ3) is 3.39. The quantitative estimate of drug-likeness (QED) is 0.723. The molecule has 0 aliphatic carbocycles. The summed E-state index contributed by atoms with van der Waals surface area (Å²) in [6.07, 6.45) is 1.08. The maximum absolute atomic E-state index is 12.4. The van der Waals surface area contributed by atoms with E-state index in [1.807, 2.05) is 0 Å². The zero-order chi connectivity index (χ0) is 17.5.